The summed E-state index contributed by atoms with van der Waals surface area (Å²) in [7, 11) is 0. The molecule has 0 aromatic heterocycles. The van der Waals surface area contributed by atoms with E-state index in [0.717, 1.165) is 16.9 Å². The number of amides is 1. The average Bonchev–Trinajstić information content (AvgIpc) is 2.75. The van der Waals surface area contributed by atoms with Crippen molar-refractivity contribution in [2.24, 2.45) is 0 Å². The van der Waals surface area contributed by atoms with Gasteiger partial charge in [0.2, 0.25) is 0 Å². The van der Waals surface area contributed by atoms with Crippen molar-refractivity contribution in [2.75, 3.05) is 31.2 Å². The Hall–Kier alpha value is -2.77. The minimum atomic E-state index is -0.446. The normalized spacial score (nSPS) is 19.9. The Bertz CT molecular complexity index is 940. The summed E-state index contributed by atoms with van der Waals surface area (Å²) >= 11 is 5.65. The van der Waals surface area contributed by atoms with E-state index in [4.69, 9.17) is 17.0 Å². The predicted molar refractivity (Wildman–Crippen MR) is 114 cm³/mol. The first-order valence-corrected chi connectivity index (χ1v) is 9.96. The van der Waals surface area contributed by atoms with Crippen molar-refractivity contribution in [3.8, 4) is 0 Å². The van der Waals surface area contributed by atoms with Gasteiger partial charge in [-0.15, -0.1) is 0 Å². The lowest BCUT2D eigenvalue weighted by molar-refractivity contribution is -0.131. The molecule has 1 N–H and O–H groups in total. The van der Waals surface area contributed by atoms with Gasteiger partial charge in [0.25, 0.3) is 5.91 Å². The van der Waals surface area contributed by atoms with Crippen molar-refractivity contribution in [3.05, 3.63) is 77.2 Å². The Morgan fingerprint density at radius 3 is 2.41 bits per heavy atom. The van der Waals surface area contributed by atoms with Crippen molar-refractivity contribution >= 4 is 28.9 Å². The highest BCUT2D eigenvalue weighted by Crippen LogP contribution is 2.34. The number of carbonyl (C=O) groups is 1. The van der Waals surface area contributed by atoms with Crippen LogP contribution in [0.1, 0.15) is 18.5 Å². The molecule has 0 spiro atoms. The van der Waals surface area contributed by atoms with Gasteiger partial charge in [0.1, 0.15) is 5.82 Å². The van der Waals surface area contributed by atoms with Gasteiger partial charge in [-0.05, 0) is 49.0 Å². The highest BCUT2D eigenvalue weighted by molar-refractivity contribution is 7.80. The quantitative estimate of drug-likeness (QED) is 0.785. The van der Waals surface area contributed by atoms with Crippen LogP contribution >= 0.6 is 12.2 Å². The Morgan fingerprint density at radius 1 is 1.10 bits per heavy atom. The third kappa shape index (κ3) is 3.88. The summed E-state index contributed by atoms with van der Waals surface area (Å²) in [5.41, 5.74) is 3.05. The third-order valence-electron chi connectivity index (χ3n) is 5.23. The molecule has 4 rings (SSSR count). The smallest absolute Gasteiger partial charge is 0.254 e. The molecule has 0 bridgehead atoms. The van der Waals surface area contributed by atoms with Crippen molar-refractivity contribution < 1.29 is 13.9 Å². The van der Waals surface area contributed by atoms with E-state index in [2.05, 4.69) is 5.32 Å². The first-order chi connectivity index (χ1) is 14.1. The Balaban J connectivity index is 1.80. The number of nitrogens with zero attached hydrogens (tertiary/aromatic N) is 2. The van der Waals surface area contributed by atoms with Crippen molar-refractivity contribution in [3.63, 3.8) is 0 Å². The Kier molecular flexibility index (Phi) is 5.60. The number of hydrogen-bond donors (Lipinski definition) is 1. The van der Waals surface area contributed by atoms with Crippen LogP contribution in [-0.4, -0.2) is 42.2 Å². The third-order valence-corrected chi connectivity index (χ3v) is 5.53. The van der Waals surface area contributed by atoms with Crippen LogP contribution in [0, 0.1) is 5.82 Å². The molecule has 150 valence electrons. The maximum absolute atomic E-state index is 13.5. The van der Waals surface area contributed by atoms with Crippen molar-refractivity contribution in [1.29, 1.82) is 0 Å². The van der Waals surface area contributed by atoms with Gasteiger partial charge in [0.15, 0.2) is 5.11 Å². The van der Waals surface area contributed by atoms with Gasteiger partial charge < -0.3 is 15.0 Å². The van der Waals surface area contributed by atoms with Gasteiger partial charge in [-0.3, -0.25) is 9.69 Å². The molecule has 2 aliphatic rings. The summed E-state index contributed by atoms with van der Waals surface area (Å²) in [4.78, 5) is 17.2. The molecule has 2 aromatic rings. The second-order valence-electron chi connectivity index (χ2n) is 7.01. The minimum Gasteiger partial charge on any atom is -0.378 e. The van der Waals surface area contributed by atoms with E-state index in [1.54, 1.807) is 17.0 Å². The molecule has 29 heavy (non-hydrogen) atoms. The van der Waals surface area contributed by atoms with E-state index in [-0.39, 0.29) is 11.7 Å². The second kappa shape index (κ2) is 8.31. The molecule has 1 amide bonds. The summed E-state index contributed by atoms with van der Waals surface area (Å²) < 4.78 is 18.9. The lowest BCUT2D eigenvalue weighted by atomic mass is 9.93. The summed E-state index contributed by atoms with van der Waals surface area (Å²) in [6, 6.07) is 15.4. The standard InChI is InChI=1S/C22H22FN3O2S/c1-15-19(21(27)25-11-13-28-14-12-25)20(16-7-9-17(23)10-8-16)24-22(29)26(15)18-5-3-2-4-6-18/h2-10,20H,11-14H2,1H3,(H,24,29)/t20-/m1/s1. The van der Waals surface area contributed by atoms with E-state index in [0.29, 0.717) is 37.0 Å². The Labute approximate surface area is 174 Å². The number of carbonyl (C=O) groups excluding carboxylic acids is 1. The molecule has 0 aliphatic carbocycles. The van der Waals surface area contributed by atoms with E-state index >= 15 is 0 Å². The van der Waals surface area contributed by atoms with Crippen LogP contribution in [0.25, 0.3) is 0 Å². The van der Waals surface area contributed by atoms with Gasteiger partial charge in [-0.2, -0.15) is 0 Å². The minimum absolute atomic E-state index is 0.0592. The first-order valence-electron chi connectivity index (χ1n) is 9.55. The van der Waals surface area contributed by atoms with Crippen LogP contribution in [-0.2, 0) is 9.53 Å². The molecule has 1 fully saturated rings. The molecule has 0 radical (unpaired) electrons. The fourth-order valence-corrected chi connectivity index (χ4v) is 4.11. The molecular weight excluding hydrogens is 389 g/mol. The number of rotatable bonds is 3. The lowest BCUT2D eigenvalue weighted by Crippen LogP contribution is -2.51. The molecule has 2 aromatic carbocycles. The zero-order valence-corrected chi connectivity index (χ0v) is 16.9. The second-order valence-corrected chi connectivity index (χ2v) is 7.40. The molecule has 5 nitrogen and oxygen atoms in total. The number of nitrogens with one attached hydrogen (secondary N) is 1. The number of allylic oxidation sites excluding steroid dienone is 1. The fourth-order valence-electron chi connectivity index (χ4n) is 3.75. The van der Waals surface area contributed by atoms with E-state index in [1.165, 1.54) is 12.1 Å². The molecule has 2 aliphatic heterocycles. The maximum atomic E-state index is 13.5. The zero-order valence-electron chi connectivity index (χ0n) is 16.1. The number of hydrogen-bond acceptors (Lipinski definition) is 3. The number of thiocarbonyl (C=S) groups is 1. The van der Waals surface area contributed by atoms with Crippen LogP contribution in [0.5, 0.6) is 0 Å². The molecule has 1 atom stereocenters. The van der Waals surface area contributed by atoms with Crippen LogP contribution in [0.15, 0.2) is 65.9 Å². The van der Waals surface area contributed by atoms with E-state index in [9.17, 15) is 9.18 Å². The fraction of sp³-hybridized carbons (Fsp3) is 0.273. The van der Waals surface area contributed by atoms with Gasteiger partial charge in [-0.25, -0.2) is 4.39 Å². The first kappa shape index (κ1) is 19.5. The summed E-state index contributed by atoms with van der Waals surface area (Å²) in [5, 5.41) is 3.80. The monoisotopic (exact) mass is 411 g/mol. The number of anilines is 1. The van der Waals surface area contributed by atoms with Crippen molar-refractivity contribution in [1.82, 2.24) is 10.2 Å². The highest BCUT2D eigenvalue weighted by atomic mass is 32.1. The predicted octanol–water partition coefficient (Wildman–Crippen LogP) is 3.39. The Morgan fingerprint density at radius 2 is 1.76 bits per heavy atom. The maximum Gasteiger partial charge on any atom is 0.254 e. The SMILES string of the molecule is CC1=C(C(=O)N2CCOCC2)[C@@H](c2ccc(F)cc2)NC(=S)N1c1ccccc1. The van der Waals surface area contributed by atoms with Crippen LogP contribution in [0.3, 0.4) is 0 Å². The van der Waals surface area contributed by atoms with E-state index < -0.39 is 6.04 Å². The molecule has 1 saturated heterocycles. The number of halogens is 1. The summed E-state index contributed by atoms with van der Waals surface area (Å²) in [6.07, 6.45) is 0. The van der Waals surface area contributed by atoms with Crippen molar-refractivity contribution in [2.45, 2.75) is 13.0 Å². The number of benzene rings is 2. The van der Waals surface area contributed by atoms with Gasteiger partial charge in [0, 0.05) is 24.5 Å². The molecule has 7 heteroatoms. The highest BCUT2D eigenvalue weighted by Gasteiger charge is 2.36. The summed E-state index contributed by atoms with van der Waals surface area (Å²) in [5.74, 6) is -0.379. The lowest BCUT2D eigenvalue weighted by Gasteiger charge is -2.40. The average molecular weight is 412 g/mol. The molecule has 0 saturated carbocycles. The largest absolute Gasteiger partial charge is 0.378 e. The van der Waals surface area contributed by atoms with E-state index in [1.807, 2.05) is 42.2 Å². The topological polar surface area (TPSA) is 44.8 Å². The van der Waals surface area contributed by atoms with Crippen LogP contribution in [0.4, 0.5) is 10.1 Å². The van der Waals surface area contributed by atoms with Gasteiger partial charge >= 0.3 is 0 Å². The molecule has 0 unspecified atom stereocenters. The van der Waals surface area contributed by atoms with Gasteiger partial charge in [-0.1, -0.05) is 30.3 Å². The summed E-state index contributed by atoms with van der Waals surface area (Å²) in [6.45, 7) is 4.04. The van der Waals surface area contributed by atoms with Crippen LogP contribution in [0.2, 0.25) is 0 Å². The number of ether oxygens (including phenoxy) is 1. The molecule has 2 heterocycles. The zero-order chi connectivity index (χ0) is 20.4. The number of para-hydroxylation sites is 1. The molecular formula is C22H22FN3O2S. The van der Waals surface area contributed by atoms with Gasteiger partial charge in [0.05, 0.1) is 24.8 Å². The number of morpholine rings is 1. The van der Waals surface area contributed by atoms with Crippen LogP contribution < -0.4 is 10.2 Å².